The number of para-hydroxylation sites is 1. The molecule has 9 nitrogen and oxygen atoms in total. The number of rotatable bonds is 4. The predicted octanol–water partition coefficient (Wildman–Crippen LogP) is 4.05. The molecule has 3 saturated carbocycles. The summed E-state index contributed by atoms with van der Waals surface area (Å²) in [6.45, 7) is 11.0. The third kappa shape index (κ3) is 3.68. The number of aliphatic hydroxyl groups excluding tert-OH is 1. The molecule has 1 aromatic rings. The Bertz CT molecular complexity index is 1340. The van der Waals surface area contributed by atoms with Gasteiger partial charge in [-0.1, -0.05) is 74.2 Å². The van der Waals surface area contributed by atoms with Gasteiger partial charge < -0.3 is 14.9 Å². The number of halogens is 1. The number of aliphatic hydroxyl groups is 2. The number of ketones is 1. The number of benzene rings is 1. The van der Waals surface area contributed by atoms with Gasteiger partial charge in [-0.15, -0.1) is 0 Å². The number of amides is 2. The molecule has 0 unspecified atom stereocenters. The molecule has 0 spiro atoms. The van der Waals surface area contributed by atoms with E-state index in [0.717, 1.165) is 17.7 Å². The minimum Gasteiger partial charge on any atom is -0.461 e. The third-order valence-electron chi connectivity index (χ3n) is 11.4. The normalized spacial score (nSPS) is 40.2. The van der Waals surface area contributed by atoms with E-state index in [0.29, 0.717) is 31.8 Å². The average molecular weight is 676 g/mol. The number of anilines is 1. The number of Topliss-reactive ketones (excluding diaryl/α,β-unsaturated/α-hetero) is 1. The van der Waals surface area contributed by atoms with Crippen molar-refractivity contribution < 1.29 is 29.3 Å². The van der Waals surface area contributed by atoms with E-state index in [1.807, 2.05) is 71.8 Å². The zero-order valence-corrected chi connectivity index (χ0v) is 25.9. The number of fused-ring (bicyclic) bond motifs is 1. The Morgan fingerprint density at radius 1 is 1.20 bits per heavy atom. The molecule has 6 rings (SSSR count). The summed E-state index contributed by atoms with van der Waals surface area (Å²) in [6, 6.07) is 9.25. The Labute approximate surface area is 254 Å². The third-order valence-corrected chi connectivity index (χ3v) is 12.0. The molecular formula is C31H38IN3O6. The number of esters is 1. The van der Waals surface area contributed by atoms with Crippen molar-refractivity contribution in [3.63, 3.8) is 0 Å². The van der Waals surface area contributed by atoms with Crippen LogP contribution in [-0.2, 0) is 14.3 Å². The van der Waals surface area contributed by atoms with Crippen LogP contribution in [-0.4, -0.2) is 73.3 Å². The Kier molecular flexibility index (Phi) is 6.86. The summed E-state index contributed by atoms with van der Waals surface area (Å²) >= 11 is 1.97. The fourth-order valence-electron chi connectivity index (χ4n) is 8.96. The van der Waals surface area contributed by atoms with Crippen molar-refractivity contribution in [3.05, 3.63) is 54.4 Å². The molecule has 41 heavy (non-hydrogen) atoms. The van der Waals surface area contributed by atoms with E-state index in [2.05, 4.69) is 19.6 Å². The van der Waals surface area contributed by atoms with E-state index in [4.69, 9.17) is 4.74 Å². The molecule has 5 aliphatic rings. The Morgan fingerprint density at radius 2 is 1.90 bits per heavy atom. The highest BCUT2D eigenvalue weighted by Crippen LogP contribution is 2.70. The highest BCUT2D eigenvalue weighted by atomic mass is 127. The number of nitrogens with zero attached hydrogens (tertiary/aromatic N) is 3. The number of carbonyl (C=O) groups is 3. The summed E-state index contributed by atoms with van der Waals surface area (Å²) < 4.78 is 6.29. The summed E-state index contributed by atoms with van der Waals surface area (Å²) in [5, 5.41) is 27.2. The molecule has 2 bridgehead atoms. The molecule has 0 aromatic heterocycles. The van der Waals surface area contributed by atoms with Crippen LogP contribution in [0.2, 0.25) is 0 Å². The molecule has 3 aliphatic carbocycles. The molecule has 2 aliphatic heterocycles. The minimum absolute atomic E-state index is 0.112. The van der Waals surface area contributed by atoms with Crippen LogP contribution in [0.5, 0.6) is 0 Å². The quantitative estimate of drug-likeness (QED) is 0.215. The average Bonchev–Trinajstić information content (AvgIpc) is 3.34. The van der Waals surface area contributed by atoms with Gasteiger partial charge in [-0.05, 0) is 61.1 Å². The second-order valence-electron chi connectivity index (χ2n) is 12.7. The minimum atomic E-state index is -1.83. The maximum Gasteiger partial charge on any atom is 0.349 e. The number of hydrogen-bond acceptors (Lipinski definition) is 7. The molecule has 2 N–H and O–H groups in total. The zero-order valence-electron chi connectivity index (χ0n) is 23.8. The number of hydrogen-bond donors (Lipinski definition) is 2. The van der Waals surface area contributed by atoms with Gasteiger partial charge in [0.25, 0.3) is 0 Å². The molecule has 0 radical (unpaired) electrons. The summed E-state index contributed by atoms with van der Waals surface area (Å²) in [4.78, 5) is 41.6. The first-order valence-electron chi connectivity index (χ1n) is 14.4. The number of ether oxygens (including phenoxy) is 1. The molecule has 8 atom stereocenters. The second-order valence-corrected chi connectivity index (χ2v) is 13.5. The lowest BCUT2D eigenvalue weighted by Crippen LogP contribution is -2.69. The fourth-order valence-corrected chi connectivity index (χ4v) is 9.14. The fraction of sp³-hybridized carbons (Fsp3) is 0.581. The van der Waals surface area contributed by atoms with Crippen molar-refractivity contribution in [1.82, 2.24) is 10.0 Å². The van der Waals surface area contributed by atoms with Gasteiger partial charge in [0, 0.05) is 10.8 Å². The molecular weight excluding hydrogens is 637 g/mol. The highest BCUT2D eigenvalue weighted by molar-refractivity contribution is 14.1. The Hall–Kier alpha value is -2.44. The van der Waals surface area contributed by atoms with E-state index in [9.17, 15) is 24.6 Å². The maximum atomic E-state index is 13.8. The lowest BCUT2D eigenvalue weighted by atomic mass is 9.46. The number of carbonyl (C=O) groups excluding carboxylic acids is 3. The molecule has 2 heterocycles. The van der Waals surface area contributed by atoms with Crippen molar-refractivity contribution in [2.75, 3.05) is 22.4 Å². The van der Waals surface area contributed by atoms with Crippen molar-refractivity contribution in [2.45, 2.75) is 64.3 Å². The topological polar surface area (TPSA) is 111 Å². The molecule has 220 valence electrons. The smallest absolute Gasteiger partial charge is 0.349 e. The van der Waals surface area contributed by atoms with Crippen LogP contribution in [0, 0.1) is 28.6 Å². The molecule has 2 amide bonds. The number of alkyl halides is 1. The van der Waals surface area contributed by atoms with Gasteiger partial charge >= 0.3 is 12.0 Å². The monoisotopic (exact) mass is 675 g/mol. The SMILES string of the molecule is C=C1N(c2ccccc2)C(=O)N2CC=C([C@@H]3C[C@@H](OC(=O)CI)[C@]4(C)[C@H](C)CC[C@]5(C[C@H](O)C(=O)[C@]54O)[C@H]3C)CN12. The predicted molar refractivity (Wildman–Crippen MR) is 161 cm³/mol. The van der Waals surface area contributed by atoms with Crippen LogP contribution < -0.4 is 4.90 Å². The van der Waals surface area contributed by atoms with Crippen LogP contribution in [0.4, 0.5) is 10.5 Å². The van der Waals surface area contributed by atoms with Crippen LogP contribution in [0.3, 0.4) is 0 Å². The first-order chi connectivity index (χ1) is 19.4. The zero-order chi connectivity index (χ0) is 29.5. The Morgan fingerprint density at radius 3 is 2.59 bits per heavy atom. The van der Waals surface area contributed by atoms with E-state index >= 15 is 0 Å². The summed E-state index contributed by atoms with van der Waals surface area (Å²) in [7, 11) is 0. The van der Waals surface area contributed by atoms with Crippen LogP contribution >= 0.6 is 22.6 Å². The summed E-state index contributed by atoms with van der Waals surface area (Å²) in [6.07, 6.45) is 2.06. The number of hydrazine groups is 1. The summed E-state index contributed by atoms with van der Waals surface area (Å²) in [5.41, 5.74) is -1.97. The Balaban J connectivity index is 1.41. The standard InChI is InChI=1S/C31H38IN3O6/c1-18-10-12-30-15-24(36)27(38)31(30,40)29(18,4)25(41-26(37)16-32)14-23(19(30)2)21-11-13-33-28(39)35(20(3)34(33)17-21)22-8-6-5-7-9-22/h5-9,11,18-19,23-25,36,40H,3,10,12-17H2,1-2,4H3/t18-,19+,23-,24+,25-,29+,30+,31-/m1/s1. The second kappa shape index (κ2) is 9.80. The van der Waals surface area contributed by atoms with Crippen molar-refractivity contribution >= 4 is 46.1 Å². The van der Waals surface area contributed by atoms with Crippen LogP contribution in [0.25, 0.3) is 0 Å². The van der Waals surface area contributed by atoms with Gasteiger partial charge in [0.05, 0.1) is 23.2 Å². The first-order valence-corrected chi connectivity index (χ1v) is 16.0. The molecule has 1 saturated heterocycles. The molecule has 10 heteroatoms. The van der Waals surface area contributed by atoms with E-state index in [1.165, 1.54) is 0 Å². The van der Waals surface area contributed by atoms with Gasteiger partial charge in [-0.2, -0.15) is 0 Å². The first kappa shape index (κ1) is 28.7. The lowest BCUT2D eigenvalue weighted by molar-refractivity contribution is -0.234. The van der Waals surface area contributed by atoms with Crippen LogP contribution in [0.15, 0.2) is 54.4 Å². The van der Waals surface area contributed by atoms with Crippen LogP contribution in [0.1, 0.15) is 46.5 Å². The van der Waals surface area contributed by atoms with Crippen molar-refractivity contribution in [3.8, 4) is 0 Å². The maximum absolute atomic E-state index is 13.8. The van der Waals surface area contributed by atoms with E-state index < -0.39 is 34.4 Å². The van der Waals surface area contributed by atoms with Gasteiger partial charge in [0.2, 0.25) is 0 Å². The van der Waals surface area contributed by atoms with Gasteiger partial charge in [0.15, 0.2) is 5.78 Å². The van der Waals surface area contributed by atoms with Crippen molar-refractivity contribution in [1.29, 1.82) is 0 Å². The van der Waals surface area contributed by atoms with E-state index in [1.54, 1.807) is 9.91 Å². The molecule has 4 fully saturated rings. The largest absolute Gasteiger partial charge is 0.461 e. The van der Waals surface area contributed by atoms with Gasteiger partial charge in [0.1, 0.15) is 23.6 Å². The van der Waals surface area contributed by atoms with Gasteiger partial charge in [-0.25, -0.2) is 14.7 Å². The number of urea groups is 1. The van der Waals surface area contributed by atoms with E-state index in [-0.39, 0.29) is 40.6 Å². The molecule has 1 aromatic carbocycles. The highest BCUT2D eigenvalue weighted by Gasteiger charge is 2.78. The lowest BCUT2D eigenvalue weighted by Gasteiger charge is -2.60. The summed E-state index contributed by atoms with van der Waals surface area (Å²) in [5.74, 6) is -0.840. The van der Waals surface area contributed by atoms with Gasteiger partial charge in [-0.3, -0.25) is 14.6 Å². The van der Waals surface area contributed by atoms with Crippen molar-refractivity contribution in [2.24, 2.45) is 28.6 Å².